The number of ether oxygens (including phenoxy) is 1. The minimum absolute atomic E-state index is 0.153. The lowest BCUT2D eigenvalue weighted by molar-refractivity contribution is -0.127. The molecule has 0 heterocycles. The van der Waals surface area contributed by atoms with Crippen LogP contribution in [0.4, 0.5) is 8.78 Å². The minimum atomic E-state index is -0.739. The van der Waals surface area contributed by atoms with Crippen molar-refractivity contribution < 1.29 is 18.3 Å². The molecule has 2 aromatic carbocycles. The van der Waals surface area contributed by atoms with Gasteiger partial charge in [0, 0.05) is 5.56 Å². The van der Waals surface area contributed by atoms with Gasteiger partial charge in [-0.1, -0.05) is 25.0 Å². The zero-order chi connectivity index (χ0) is 18.7. The fourth-order valence-corrected chi connectivity index (χ4v) is 3.87. The number of carbonyl (C=O) groups is 1. The van der Waals surface area contributed by atoms with Gasteiger partial charge in [-0.05, 0) is 55.7 Å². The van der Waals surface area contributed by atoms with E-state index in [0.717, 1.165) is 12.8 Å². The van der Waals surface area contributed by atoms with Crippen molar-refractivity contribution in [3.63, 3.8) is 0 Å². The molecule has 1 aliphatic rings. The van der Waals surface area contributed by atoms with Crippen LogP contribution in [-0.2, 0) is 10.2 Å². The molecule has 26 heavy (non-hydrogen) atoms. The molecule has 3 nitrogen and oxygen atoms in total. The van der Waals surface area contributed by atoms with Crippen LogP contribution in [0.3, 0.4) is 0 Å². The topological polar surface area (TPSA) is 38.3 Å². The van der Waals surface area contributed by atoms with E-state index in [1.807, 2.05) is 0 Å². The summed E-state index contributed by atoms with van der Waals surface area (Å²) in [5.74, 6) is -0.367. The molecule has 0 radical (unpaired) electrons. The summed E-state index contributed by atoms with van der Waals surface area (Å²) < 4.78 is 32.7. The normalized spacial score (nSPS) is 16.9. The second-order valence-corrected chi connectivity index (χ2v) is 6.88. The van der Waals surface area contributed by atoms with E-state index in [2.05, 4.69) is 5.32 Å². The van der Waals surface area contributed by atoms with Crippen LogP contribution in [0.5, 0.6) is 5.75 Å². The number of hydrogen-bond donors (Lipinski definition) is 1. The molecule has 0 saturated heterocycles. The highest BCUT2D eigenvalue weighted by atomic mass is 19.1. The molecule has 1 amide bonds. The van der Waals surface area contributed by atoms with Gasteiger partial charge in [-0.3, -0.25) is 4.79 Å². The van der Waals surface area contributed by atoms with Gasteiger partial charge in [-0.15, -0.1) is 0 Å². The molecule has 1 saturated carbocycles. The van der Waals surface area contributed by atoms with E-state index in [-0.39, 0.29) is 17.5 Å². The molecule has 1 atom stereocenters. The third-order valence-electron chi connectivity index (χ3n) is 5.27. The standard InChI is InChI=1S/C21H23F2NO2/c1-14(18-13-17(23)8-9-19(18)26-2)24-20(25)21(10-3-4-11-21)15-6-5-7-16(22)12-15/h5-9,12-14H,3-4,10-11H2,1-2H3,(H,24,25). The average molecular weight is 359 g/mol. The molecule has 2 aromatic rings. The third-order valence-corrected chi connectivity index (χ3v) is 5.27. The fraction of sp³-hybridized carbons (Fsp3) is 0.381. The monoisotopic (exact) mass is 359 g/mol. The van der Waals surface area contributed by atoms with Crippen LogP contribution in [0, 0.1) is 11.6 Å². The van der Waals surface area contributed by atoms with E-state index in [0.29, 0.717) is 29.7 Å². The van der Waals surface area contributed by atoms with Gasteiger partial charge in [0.05, 0.1) is 18.6 Å². The van der Waals surface area contributed by atoms with Crippen LogP contribution in [0.15, 0.2) is 42.5 Å². The lowest BCUT2D eigenvalue weighted by Crippen LogP contribution is -2.43. The van der Waals surface area contributed by atoms with E-state index in [1.165, 1.54) is 31.4 Å². The number of carbonyl (C=O) groups excluding carboxylic acids is 1. The Hall–Kier alpha value is -2.43. The molecule has 1 fully saturated rings. The van der Waals surface area contributed by atoms with Crippen LogP contribution in [0.1, 0.15) is 49.8 Å². The molecule has 1 N–H and O–H groups in total. The molecular formula is C21H23F2NO2. The molecule has 0 aliphatic heterocycles. The molecular weight excluding hydrogens is 336 g/mol. The molecule has 0 bridgehead atoms. The van der Waals surface area contributed by atoms with Gasteiger partial charge in [0.15, 0.2) is 0 Å². The summed E-state index contributed by atoms with van der Waals surface area (Å²) >= 11 is 0. The third kappa shape index (κ3) is 3.43. The van der Waals surface area contributed by atoms with Gasteiger partial charge in [0.1, 0.15) is 17.4 Å². The van der Waals surface area contributed by atoms with Crippen LogP contribution < -0.4 is 10.1 Å². The number of benzene rings is 2. The summed E-state index contributed by atoms with van der Waals surface area (Å²) in [5, 5.41) is 2.99. The summed E-state index contributed by atoms with van der Waals surface area (Å²) in [6.07, 6.45) is 3.19. The first-order chi connectivity index (χ1) is 12.5. The van der Waals surface area contributed by atoms with Crippen molar-refractivity contribution in [3.05, 3.63) is 65.2 Å². The predicted molar refractivity (Wildman–Crippen MR) is 96.1 cm³/mol. The summed E-state index contributed by atoms with van der Waals surface area (Å²) in [4.78, 5) is 13.2. The van der Waals surface area contributed by atoms with Crippen LogP contribution >= 0.6 is 0 Å². The van der Waals surface area contributed by atoms with Crippen LogP contribution in [0.2, 0.25) is 0 Å². The number of amides is 1. The Morgan fingerprint density at radius 2 is 1.81 bits per heavy atom. The summed E-state index contributed by atoms with van der Waals surface area (Å²) in [5.41, 5.74) is 0.538. The zero-order valence-electron chi connectivity index (χ0n) is 15.0. The number of methoxy groups -OCH3 is 1. The maximum absolute atomic E-state index is 13.7. The summed E-state index contributed by atoms with van der Waals surface area (Å²) in [6.45, 7) is 1.80. The zero-order valence-corrected chi connectivity index (χ0v) is 15.0. The van der Waals surface area contributed by atoms with Gasteiger partial charge in [0.2, 0.25) is 5.91 Å². The van der Waals surface area contributed by atoms with Gasteiger partial charge >= 0.3 is 0 Å². The number of hydrogen-bond acceptors (Lipinski definition) is 2. The lowest BCUT2D eigenvalue weighted by Gasteiger charge is -2.30. The highest BCUT2D eigenvalue weighted by molar-refractivity contribution is 5.89. The summed E-state index contributed by atoms with van der Waals surface area (Å²) in [6, 6.07) is 10.1. The van der Waals surface area contributed by atoms with Gasteiger partial charge in [0.25, 0.3) is 0 Å². The van der Waals surface area contributed by atoms with Crippen LogP contribution in [-0.4, -0.2) is 13.0 Å². The molecule has 0 spiro atoms. The first-order valence-corrected chi connectivity index (χ1v) is 8.87. The lowest BCUT2D eigenvalue weighted by atomic mass is 9.77. The highest BCUT2D eigenvalue weighted by Gasteiger charge is 2.43. The quantitative estimate of drug-likeness (QED) is 0.843. The van der Waals surface area contributed by atoms with Crippen molar-refractivity contribution in [2.75, 3.05) is 7.11 Å². The Bertz CT molecular complexity index is 800. The van der Waals surface area contributed by atoms with E-state index < -0.39 is 11.5 Å². The van der Waals surface area contributed by atoms with Crippen molar-refractivity contribution in [1.82, 2.24) is 5.32 Å². The smallest absolute Gasteiger partial charge is 0.231 e. The second kappa shape index (κ2) is 7.44. The number of halogens is 2. The van der Waals surface area contributed by atoms with E-state index in [4.69, 9.17) is 4.74 Å². The van der Waals surface area contributed by atoms with Crippen molar-refractivity contribution in [3.8, 4) is 5.75 Å². The molecule has 138 valence electrons. The van der Waals surface area contributed by atoms with Gasteiger partial charge < -0.3 is 10.1 Å². The predicted octanol–water partition coefficient (Wildman–Crippen LogP) is 4.66. The molecule has 1 aliphatic carbocycles. The van der Waals surface area contributed by atoms with Gasteiger partial charge in [-0.2, -0.15) is 0 Å². The second-order valence-electron chi connectivity index (χ2n) is 6.88. The molecule has 0 aromatic heterocycles. The number of rotatable bonds is 5. The number of nitrogens with one attached hydrogen (secondary N) is 1. The Kier molecular flexibility index (Phi) is 5.25. The van der Waals surface area contributed by atoms with Crippen LogP contribution in [0.25, 0.3) is 0 Å². The maximum atomic E-state index is 13.7. The van der Waals surface area contributed by atoms with Crippen molar-refractivity contribution in [2.45, 2.75) is 44.1 Å². The molecule has 1 unspecified atom stereocenters. The van der Waals surface area contributed by atoms with Crippen molar-refractivity contribution in [2.24, 2.45) is 0 Å². The maximum Gasteiger partial charge on any atom is 0.231 e. The molecule has 3 rings (SSSR count). The average Bonchev–Trinajstić information content (AvgIpc) is 3.13. The SMILES string of the molecule is COc1ccc(F)cc1C(C)NC(=O)C1(c2cccc(F)c2)CCCC1. The van der Waals surface area contributed by atoms with Crippen molar-refractivity contribution >= 4 is 5.91 Å². The van der Waals surface area contributed by atoms with E-state index in [1.54, 1.807) is 25.1 Å². The van der Waals surface area contributed by atoms with E-state index in [9.17, 15) is 13.6 Å². The Labute approximate surface area is 152 Å². The largest absolute Gasteiger partial charge is 0.496 e. The fourth-order valence-electron chi connectivity index (χ4n) is 3.87. The first-order valence-electron chi connectivity index (χ1n) is 8.87. The first kappa shape index (κ1) is 18.4. The molecule has 5 heteroatoms. The van der Waals surface area contributed by atoms with Crippen molar-refractivity contribution in [1.29, 1.82) is 0 Å². The summed E-state index contributed by atoms with van der Waals surface area (Å²) in [7, 11) is 1.51. The van der Waals surface area contributed by atoms with Gasteiger partial charge in [-0.25, -0.2) is 8.78 Å². The van der Waals surface area contributed by atoms with E-state index >= 15 is 0 Å². The Balaban J connectivity index is 1.89. The Morgan fingerprint density at radius 1 is 1.12 bits per heavy atom. The Morgan fingerprint density at radius 3 is 2.46 bits per heavy atom. The minimum Gasteiger partial charge on any atom is -0.496 e. The highest BCUT2D eigenvalue weighted by Crippen LogP contribution is 2.42.